The topological polar surface area (TPSA) is 73.2 Å². The Balaban J connectivity index is 1.98. The summed E-state index contributed by atoms with van der Waals surface area (Å²) < 4.78 is 46.4. The summed E-state index contributed by atoms with van der Waals surface area (Å²) in [6, 6.07) is 12.3. The molecule has 0 saturated heterocycles. The number of para-hydroxylation sites is 1. The van der Waals surface area contributed by atoms with Gasteiger partial charge in [0.15, 0.2) is 5.69 Å². The van der Waals surface area contributed by atoms with Crippen LogP contribution >= 0.6 is 0 Å². The van der Waals surface area contributed by atoms with Crippen molar-refractivity contribution in [3.05, 3.63) is 81.8 Å². The molecule has 0 unspecified atom stereocenters. The van der Waals surface area contributed by atoms with Gasteiger partial charge in [-0.1, -0.05) is 12.1 Å². The van der Waals surface area contributed by atoms with Crippen LogP contribution in [-0.4, -0.2) is 22.3 Å². The number of halogens is 3. The minimum atomic E-state index is -4.63. The van der Waals surface area contributed by atoms with E-state index in [2.05, 4.69) is 10.4 Å². The lowest BCUT2D eigenvalue weighted by Gasteiger charge is -2.16. The number of carbonyl (C=O) groups is 1. The highest BCUT2D eigenvalue weighted by Crippen LogP contribution is 2.33. The Kier molecular flexibility index (Phi) is 5.91. The number of amides is 1. The SMILES string of the molecule is CCOc1ccc(NC(=O)c2nn(-c3ccccc3C(F)(F)F)c(C)cc2=O)cc1. The average Bonchev–Trinajstić information content (AvgIpc) is 2.69. The van der Waals surface area contributed by atoms with Crippen LogP contribution in [0.4, 0.5) is 18.9 Å². The van der Waals surface area contributed by atoms with Crippen molar-refractivity contribution in [3.8, 4) is 11.4 Å². The average molecular weight is 417 g/mol. The molecule has 0 atom stereocenters. The summed E-state index contributed by atoms with van der Waals surface area (Å²) in [6.07, 6.45) is -4.63. The highest BCUT2D eigenvalue weighted by atomic mass is 19.4. The monoisotopic (exact) mass is 417 g/mol. The third kappa shape index (κ3) is 4.51. The number of rotatable bonds is 5. The summed E-state index contributed by atoms with van der Waals surface area (Å²) in [5.41, 5.74) is -1.88. The predicted molar refractivity (Wildman–Crippen MR) is 105 cm³/mol. The van der Waals surface area contributed by atoms with Gasteiger partial charge in [0.05, 0.1) is 17.9 Å². The van der Waals surface area contributed by atoms with E-state index in [1.807, 2.05) is 6.92 Å². The van der Waals surface area contributed by atoms with E-state index in [0.717, 1.165) is 16.8 Å². The maximum atomic E-state index is 13.4. The molecule has 6 nitrogen and oxygen atoms in total. The summed E-state index contributed by atoms with van der Waals surface area (Å²) in [5.74, 6) is -0.225. The lowest BCUT2D eigenvalue weighted by atomic mass is 10.1. The van der Waals surface area contributed by atoms with Crippen LogP contribution in [0, 0.1) is 6.92 Å². The zero-order valence-corrected chi connectivity index (χ0v) is 16.2. The molecular formula is C21H18F3N3O3. The van der Waals surface area contributed by atoms with Gasteiger partial charge in [0.2, 0.25) is 5.43 Å². The molecule has 0 aliphatic heterocycles. The summed E-state index contributed by atoms with van der Waals surface area (Å²) in [6.45, 7) is 3.76. The van der Waals surface area contributed by atoms with E-state index in [4.69, 9.17) is 4.74 Å². The van der Waals surface area contributed by atoms with E-state index in [9.17, 15) is 22.8 Å². The normalized spacial score (nSPS) is 11.2. The van der Waals surface area contributed by atoms with Crippen molar-refractivity contribution in [2.75, 3.05) is 11.9 Å². The van der Waals surface area contributed by atoms with Crippen LogP contribution in [0.1, 0.15) is 28.7 Å². The molecule has 9 heteroatoms. The highest BCUT2D eigenvalue weighted by molar-refractivity contribution is 6.02. The van der Waals surface area contributed by atoms with Crippen molar-refractivity contribution >= 4 is 11.6 Å². The van der Waals surface area contributed by atoms with Crippen molar-refractivity contribution in [1.29, 1.82) is 0 Å². The molecule has 0 spiro atoms. The van der Waals surface area contributed by atoms with Crippen molar-refractivity contribution < 1.29 is 22.7 Å². The second kappa shape index (κ2) is 8.40. The van der Waals surface area contributed by atoms with Gasteiger partial charge in [0.25, 0.3) is 5.91 Å². The number of ether oxygens (including phenoxy) is 1. The van der Waals surface area contributed by atoms with E-state index in [-0.39, 0.29) is 11.4 Å². The largest absolute Gasteiger partial charge is 0.494 e. The van der Waals surface area contributed by atoms with E-state index < -0.39 is 28.8 Å². The maximum absolute atomic E-state index is 13.4. The molecule has 0 aliphatic rings. The first-order valence-electron chi connectivity index (χ1n) is 9.02. The van der Waals surface area contributed by atoms with Crippen LogP contribution in [-0.2, 0) is 6.18 Å². The van der Waals surface area contributed by atoms with Gasteiger partial charge in [0, 0.05) is 17.4 Å². The first-order valence-corrected chi connectivity index (χ1v) is 9.02. The van der Waals surface area contributed by atoms with Crippen LogP contribution in [0.2, 0.25) is 0 Å². The summed E-state index contributed by atoms with van der Waals surface area (Å²) in [7, 11) is 0. The van der Waals surface area contributed by atoms with Crippen LogP contribution in [0.3, 0.4) is 0 Å². The van der Waals surface area contributed by atoms with E-state index in [1.54, 1.807) is 24.3 Å². The van der Waals surface area contributed by atoms with Gasteiger partial charge in [-0.15, -0.1) is 0 Å². The summed E-state index contributed by atoms with van der Waals surface area (Å²) >= 11 is 0. The van der Waals surface area contributed by atoms with Crippen LogP contribution in [0.25, 0.3) is 5.69 Å². The minimum Gasteiger partial charge on any atom is -0.494 e. The Hall–Kier alpha value is -3.62. The fourth-order valence-corrected chi connectivity index (χ4v) is 2.84. The zero-order chi connectivity index (χ0) is 21.9. The summed E-state index contributed by atoms with van der Waals surface area (Å²) in [4.78, 5) is 24.9. The molecule has 3 aromatic rings. The lowest BCUT2D eigenvalue weighted by molar-refractivity contribution is -0.137. The fraction of sp³-hybridized carbons (Fsp3) is 0.190. The van der Waals surface area contributed by atoms with Crippen LogP contribution < -0.4 is 15.5 Å². The molecule has 0 radical (unpaired) electrons. The molecule has 1 N–H and O–H groups in total. The van der Waals surface area contributed by atoms with Crippen molar-refractivity contribution in [1.82, 2.24) is 9.78 Å². The minimum absolute atomic E-state index is 0.161. The van der Waals surface area contributed by atoms with Crippen molar-refractivity contribution in [2.24, 2.45) is 0 Å². The Labute approximate surface area is 169 Å². The Bertz CT molecular complexity index is 1120. The predicted octanol–water partition coefficient (Wildman–Crippen LogP) is 4.21. The molecule has 0 fully saturated rings. The zero-order valence-electron chi connectivity index (χ0n) is 16.2. The number of carbonyl (C=O) groups excluding carboxylic acids is 1. The van der Waals surface area contributed by atoms with Gasteiger partial charge < -0.3 is 10.1 Å². The van der Waals surface area contributed by atoms with E-state index in [1.165, 1.54) is 25.1 Å². The van der Waals surface area contributed by atoms with Gasteiger partial charge in [-0.05, 0) is 50.2 Å². The third-order valence-corrected chi connectivity index (χ3v) is 4.18. The Morgan fingerprint density at radius 3 is 2.43 bits per heavy atom. The van der Waals surface area contributed by atoms with Gasteiger partial charge in [-0.2, -0.15) is 18.3 Å². The smallest absolute Gasteiger partial charge is 0.418 e. The lowest BCUT2D eigenvalue weighted by Crippen LogP contribution is -2.27. The molecule has 0 saturated carbocycles. The van der Waals surface area contributed by atoms with Crippen molar-refractivity contribution in [2.45, 2.75) is 20.0 Å². The van der Waals surface area contributed by atoms with Crippen LogP contribution in [0.15, 0.2) is 59.4 Å². The number of aryl methyl sites for hydroxylation is 1. The second-order valence-electron chi connectivity index (χ2n) is 6.34. The van der Waals surface area contributed by atoms with Crippen LogP contribution in [0.5, 0.6) is 5.75 Å². The first-order chi connectivity index (χ1) is 14.2. The number of aromatic nitrogens is 2. The van der Waals surface area contributed by atoms with Gasteiger partial charge >= 0.3 is 6.18 Å². The number of benzene rings is 2. The number of anilines is 1. The van der Waals surface area contributed by atoms with Gasteiger partial charge in [0.1, 0.15) is 5.75 Å². The second-order valence-corrected chi connectivity index (χ2v) is 6.34. The maximum Gasteiger partial charge on any atom is 0.418 e. The fourth-order valence-electron chi connectivity index (χ4n) is 2.84. The standard InChI is InChI=1S/C21H18F3N3O3/c1-3-30-15-10-8-14(9-11-15)25-20(29)19-18(28)12-13(2)27(26-19)17-7-5-4-6-16(17)21(22,23)24/h4-12H,3H2,1-2H3,(H,25,29). The summed E-state index contributed by atoms with van der Waals surface area (Å²) in [5, 5.41) is 6.45. The van der Waals surface area contributed by atoms with Gasteiger partial charge in [-0.3, -0.25) is 9.59 Å². The highest BCUT2D eigenvalue weighted by Gasteiger charge is 2.34. The first kappa shape index (κ1) is 21.1. The number of hydrogen-bond donors (Lipinski definition) is 1. The van der Waals surface area contributed by atoms with E-state index in [0.29, 0.717) is 18.0 Å². The molecule has 0 bridgehead atoms. The molecular weight excluding hydrogens is 399 g/mol. The Morgan fingerprint density at radius 1 is 1.13 bits per heavy atom. The third-order valence-electron chi connectivity index (χ3n) is 4.18. The molecule has 30 heavy (non-hydrogen) atoms. The number of nitrogens with zero attached hydrogens (tertiary/aromatic N) is 2. The molecule has 3 rings (SSSR count). The molecule has 156 valence electrons. The molecule has 0 aliphatic carbocycles. The molecule has 2 aromatic carbocycles. The van der Waals surface area contributed by atoms with Crippen molar-refractivity contribution in [3.63, 3.8) is 0 Å². The number of hydrogen-bond acceptors (Lipinski definition) is 4. The number of nitrogens with one attached hydrogen (secondary N) is 1. The van der Waals surface area contributed by atoms with Gasteiger partial charge in [-0.25, -0.2) is 4.68 Å². The molecule has 1 amide bonds. The number of alkyl halides is 3. The quantitative estimate of drug-likeness (QED) is 0.675. The Morgan fingerprint density at radius 2 is 1.80 bits per heavy atom. The molecule has 1 aromatic heterocycles. The molecule has 1 heterocycles. The van der Waals surface area contributed by atoms with E-state index >= 15 is 0 Å².